The Morgan fingerprint density at radius 2 is 1.90 bits per heavy atom. The van der Waals surface area contributed by atoms with E-state index in [1.807, 2.05) is 30.3 Å². The minimum absolute atomic E-state index is 0.226. The Bertz CT molecular complexity index is 898. The highest BCUT2D eigenvalue weighted by Gasteiger charge is 2.38. The van der Waals surface area contributed by atoms with Gasteiger partial charge < -0.3 is 5.32 Å². The maximum atomic E-state index is 12.3. The molecule has 0 atom stereocenters. The standard InChI is InChI=1S/C25H27BrClNO/c26-19-10-8-18(9-11-19)24(29)7-3-17-28-20-12-15-25(16-13-20)14-2-4-21-22(25)5-1-6-23(21)27/h1-2,4-6,8-11,20,28H,3,7,12-17H2. The predicted octanol–water partition coefficient (Wildman–Crippen LogP) is 6.95. The number of allylic oxidation sites excluding steroid dienone is 1. The monoisotopic (exact) mass is 471 g/mol. The van der Waals surface area contributed by atoms with Gasteiger partial charge in [-0.05, 0) is 79.8 Å². The van der Waals surface area contributed by atoms with Gasteiger partial charge in [0.1, 0.15) is 0 Å². The number of halogens is 2. The summed E-state index contributed by atoms with van der Waals surface area (Å²) < 4.78 is 1.00. The van der Waals surface area contributed by atoms with E-state index in [0.29, 0.717) is 12.5 Å². The van der Waals surface area contributed by atoms with Crippen LogP contribution >= 0.6 is 27.5 Å². The lowest BCUT2D eigenvalue weighted by Crippen LogP contribution is -2.41. The summed E-state index contributed by atoms with van der Waals surface area (Å²) in [5.41, 5.74) is 3.71. The van der Waals surface area contributed by atoms with Crippen molar-refractivity contribution in [2.24, 2.45) is 0 Å². The van der Waals surface area contributed by atoms with Gasteiger partial charge in [-0.2, -0.15) is 0 Å². The molecule has 2 aliphatic carbocycles. The lowest BCUT2D eigenvalue weighted by molar-refractivity contribution is 0.0979. The number of carbonyl (C=O) groups is 1. The molecule has 29 heavy (non-hydrogen) atoms. The summed E-state index contributed by atoms with van der Waals surface area (Å²) in [5, 5.41) is 4.56. The van der Waals surface area contributed by atoms with Gasteiger partial charge in [0, 0.05) is 27.5 Å². The van der Waals surface area contributed by atoms with Gasteiger partial charge in [-0.1, -0.05) is 63.9 Å². The summed E-state index contributed by atoms with van der Waals surface area (Å²) in [5.74, 6) is 0.226. The molecule has 0 aliphatic heterocycles. The molecule has 0 unspecified atom stereocenters. The van der Waals surface area contributed by atoms with Crippen LogP contribution in [-0.4, -0.2) is 18.4 Å². The molecule has 1 saturated carbocycles. The lowest BCUT2D eigenvalue weighted by Gasteiger charge is -2.43. The smallest absolute Gasteiger partial charge is 0.162 e. The van der Waals surface area contributed by atoms with Gasteiger partial charge >= 0.3 is 0 Å². The maximum absolute atomic E-state index is 12.3. The molecule has 4 heteroatoms. The summed E-state index contributed by atoms with van der Waals surface area (Å²) in [4.78, 5) is 12.3. The van der Waals surface area contributed by atoms with Gasteiger partial charge in [-0.25, -0.2) is 0 Å². The van der Waals surface area contributed by atoms with Crippen LogP contribution in [0.1, 0.15) is 66.4 Å². The molecule has 0 bridgehead atoms. The fourth-order valence-corrected chi connectivity index (χ4v) is 5.37. The predicted molar refractivity (Wildman–Crippen MR) is 125 cm³/mol. The topological polar surface area (TPSA) is 29.1 Å². The minimum atomic E-state index is 0.226. The quantitative estimate of drug-likeness (QED) is 0.364. The zero-order chi connectivity index (χ0) is 20.3. The number of Topliss-reactive ketones (excluding diaryl/α,β-unsaturated/α-hetero) is 1. The molecule has 0 saturated heterocycles. The number of nitrogens with one attached hydrogen (secondary N) is 1. The van der Waals surface area contributed by atoms with E-state index < -0.39 is 0 Å². The largest absolute Gasteiger partial charge is 0.314 e. The first kappa shape index (κ1) is 20.8. The van der Waals surface area contributed by atoms with Crippen LogP contribution in [0.3, 0.4) is 0 Å². The number of hydrogen-bond acceptors (Lipinski definition) is 2. The van der Waals surface area contributed by atoms with E-state index >= 15 is 0 Å². The second-order valence-corrected chi connectivity index (χ2v) is 9.67. The van der Waals surface area contributed by atoms with Crippen molar-refractivity contribution >= 4 is 39.4 Å². The molecule has 0 aromatic heterocycles. The summed E-state index contributed by atoms with van der Waals surface area (Å²) in [6.45, 7) is 0.905. The molecule has 2 aromatic carbocycles. The average molecular weight is 473 g/mol. The van der Waals surface area contributed by atoms with Crippen molar-refractivity contribution in [2.75, 3.05) is 6.54 Å². The van der Waals surface area contributed by atoms with E-state index in [-0.39, 0.29) is 11.2 Å². The summed E-state index contributed by atoms with van der Waals surface area (Å²) in [6, 6.07) is 14.5. The molecule has 0 amide bonds. The van der Waals surface area contributed by atoms with Crippen LogP contribution in [0.5, 0.6) is 0 Å². The summed E-state index contributed by atoms with van der Waals surface area (Å²) in [6.07, 6.45) is 11.8. The lowest BCUT2D eigenvalue weighted by atomic mass is 9.63. The van der Waals surface area contributed by atoms with E-state index in [1.165, 1.54) is 36.8 Å². The van der Waals surface area contributed by atoms with Crippen molar-refractivity contribution in [3.63, 3.8) is 0 Å². The van der Waals surface area contributed by atoms with E-state index in [9.17, 15) is 4.79 Å². The van der Waals surface area contributed by atoms with E-state index in [0.717, 1.165) is 34.4 Å². The van der Waals surface area contributed by atoms with Crippen molar-refractivity contribution in [2.45, 2.75) is 56.4 Å². The van der Waals surface area contributed by atoms with Crippen LogP contribution in [-0.2, 0) is 5.41 Å². The van der Waals surface area contributed by atoms with Gasteiger partial charge in [0.05, 0.1) is 0 Å². The van der Waals surface area contributed by atoms with Gasteiger partial charge in [0.25, 0.3) is 0 Å². The highest BCUT2D eigenvalue weighted by molar-refractivity contribution is 9.10. The molecule has 2 nitrogen and oxygen atoms in total. The number of ketones is 1. The van der Waals surface area contributed by atoms with Crippen LogP contribution in [0, 0.1) is 0 Å². The van der Waals surface area contributed by atoms with E-state index in [2.05, 4.69) is 45.5 Å². The Labute approximate surface area is 186 Å². The van der Waals surface area contributed by atoms with Crippen molar-refractivity contribution in [1.29, 1.82) is 0 Å². The molecule has 1 N–H and O–H groups in total. The molecule has 0 heterocycles. The molecule has 4 rings (SSSR count). The first-order valence-electron chi connectivity index (χ1n) is 10.6. The molecular formula is C25H27BrClNO. The van der Waals surface area contributed by atoms with Gasteiger partial charge in [-0.15, -0.1) is 0 Å². The number of carbonyl (C=O) groups excluding carboxylic acids is 1. The van der Waals surface area contributed by atoms with Crippen LogP contribution in [0.15, 0.2) is 53.0 Å². The normalized spacial score (nSPS) is 23.2. The third-order valence-corrected chi connectivity index (χ3v) is 7.40. The zero-order valence-electron chi connectivity index (χ0n) is 16.6. The number of fused-ring (bicyclic) bond motifs is 2. The van der Waals surface area contributed by atoms with E-state index in [1.54, 1.807) is 0 Å². The van der Waals surface area contributed by atoms with Gasteiger partial charge in [-0.3, -0.25) is 4.79 Å². The van der Waals surface area contributed by atoms with Crippen molar-refractivity contribution < 1.29 is 4.79 Å². The van der Waals surface area contributed by atoms with Crippen molar-refractivity contribution in [1.82, 2.24) is 5.32 Å². The third-order valence-electron chi connectivity index (χ3n) is 6.54. The average Bonchev–Trinajstić information content (AvgIpc) is 2.74. The maximum Gasteiger partial charge on any atom is 0.162 e. The first-order chi connectivity index (χ1) is 14.1. The highest BCUT2D eigenvalue weighted by Crippen LogP contribution is 2.47. The first-order valence-corrected chi connectivity index (χ1v) is 11.7. The number of rotatable bonds is 6. The van der Waals surface area contributed by atoms with Crippen LogP contribution in [0.25, 0.3) is 6.08 Å². The highest BCUT2D eigenvalue weighted by atomic mass is 79.9. The Morgan fingerprint density at radius 3 is 2.66 bits per heavy atom. The molecule has 152 valence electrons. The molecule has 0 radical (unpaired) electrons. The number of benzene rings is 2. The molecule has 2 aliphatic rings. The molecule has 1 fully saturated rings. The van der Waals surface area contributed by atoms with Crippen molar-refractivity contribution in [3.05, 3.63) is 74.7 Å². The molecule has 2 aromatic rings. The summed E-state index contributed by atoms with van der Waals surface area (Å²) in [7, 11) is 0. The third kappa shape index (κ3) is 4.68. The van der Waals surface area contributed by atoms with Gasteiger partial charge in [0.2, 0.25) is 0 Å². The Balaban J connectivity index is 1.25. The van der Waals surface area contributed by atoms with Gasteiger partial charge in [0.15, 0.2) is 5.78 Å². The Hall–Kier alpha value is -1.42. The second kappa shape index (κ2) is 9.16. The second-order valence-electron chi connectivity index (χ2n) is 8.35. The van der Waals surface area contributed by atoms with Crippen molar-refractivity contribution in [3.8, 4) is 0 Å². The number of hydrogen-bond donors (Lipinski definition) is 1. The fraction of sp³-hybridized carbons (Fsp3) is 0.400. The van der Waals surface area contributed by atoms with Crippen LogP contribution in [0.2, 0.25) is 5.02 Å². The Kier molecular flexibility index (Phi) is 6.58. The van der Waals surface area contributed by atoms with Crippen LogP contribution < -0.4 is 5.32 Å². The SMILES string of the molecule is O=C(CCCNC1CCC2(CC=Cc3c(Cl)cccc32)CC1)c1ccc(Br)cc1. The summed E-state index contributed by atoms with van der Waals surface area (Å²) >= 11 is 9.85. The van der Waals surface area contributed by atoms with Crippen LogP contribution in [0.4, 0.5) is 0 Å². The fourth-order valence-electron chi connectivity index (χ4n) is 4.86. The Morgan fingerprint density at radius 1 is 1.14 bits per heavy atom. The minimum Gasteiger partial charge on any atom is -0.314 e. The molecule has 1 spiro atoms. The molecular weight excluding hydrogens is 446 g/mol. The van der Waals surface area contributed by atoms with E-state index in [4.69, 9.17) is 11.6 Å². The zero-order valence-corrected chi connectivity index (χ0v) is 18.9.